The molecule has 32 heavy (non-hydrogen) atoms. The fourth-order valence-electron chi connectivity index (χ4n) is 3.33. The van der Waals surface area contributed by atoms with Gasteiger partial charge < -0.3 is 16.2 Å². The summed E-state index contributed by atoms with van der Waals surface area (Å²) in [5.41, 5.74) is 8.65. The molecule has 1 aromatic heterocycles. The van der Waals surface area contributed by atoms with Gasteiger partial charge in [0.2, 0.25) is 5.82 Å². The number of hydrogen-bond donors (Lipinski definition) is 4. The van der Waals surface area contributed by atoms with Crippen molar-refractivity contribution < 1.29 is 14.8 Å². The highest BCUT2D eigenvalue weighted by atomic mass is 16.6. The number of nitrogens with two attached hydrogens (primary N) is 1. The highest BCUT2D eigenvalue weighted by Gasteiger charge is 2.21. The molecule has 0 radical (unpaired) electrons. The van der Waals surface area contributed by atoms with Gasteiger partial charge in [-0.2, -0.15) is 5.21 Å². The van der Waals surface area contributed by atoms with Crippen molar-refractivity contribution in [2.24, 2.45) is 0 Å². The second-order valence-electron chi connectivity index (χ2n) is 6.81. The van der Waals surface area contributed by atoms with E-state index < -0.39 is 10.9 Å². The van der Waals surface area contributed by atoms with Crippen molar-refractivity contribution in [3.05, 3.63) is 81.9 Å². The lowest BCUT2D eigenvalue weighted by molar-refractivity contribution is -0.383. The average Bonchev–Trinajstić information content (AvgIpc) is 3.33. The number of carboxylic acid groups (broad SMARTS) is 1. The number of nitrogen functional groups attached to an aromatic ring is 1. The van der Waals surface area contributed by atoms with E-state index in [0.29, 0.717) is 5.82 Å². The molecule has 4 aromatic rings. The quantitative estimate of drug-likeness (QED) is 0.194. The lowest BCUT2D eigenvalue weighted by Gasteiger charge is -2.13. The molecule has 0 saturated heterocycles. The molecule has 0 fully saturated rings. The molecule has 0 atom stereocenters. The van der Waals surface area contributed by atoms with E-state index in [4.69, 9.17) is 5.73 Å². The van der Waals surface area contributed by atoms with E-state index in [1.807, 2.05) is 48.5 Å². The van der Waals surface area contributed by atoms with Gasteiger partial charge in [-0.15, -0.1) is 10.2 Å². The molecular formula is C21H17N7O4. The molecule has 5 N–H and O–H groups in total. The molecule has 0 aliphatic carbocycles. The Morgan fingerprint density at radius 3 is 2.44 bits per heavy atom. The maximum absolute atomic E-state index is 11.5. The number of nitro groups is 1. The van der Waals surface area contributed by atoms with Crippen LogP contribution < -0.4 is 11.1 Å². The summed E-state index contributed by atoms with van der Waals surface area (Å²) in [5.74, 6) is -0.754. The number of aromatic amines is 1. The molecule has 4 rings (SSSR count). The molecule has 1 heterocycles. The van der Waals surface area contributed by atoms with Crippen LogP contribution in [0.1, 0.15) is 15.9 Å². The van der Waals surface area contributed by atoms with Gasteiger partial charge in [0.15, 0.2) is 0 Å². The highest BCUT2D eigenvalue weighted by Crippen LogP contribution is 2.34. The van der Waals surface area contributed by atoms with Crippen LogP contribution in [0.25, 0.3) is 22.5 Å². The number of carboxylic acids is 1. The fourth-order valence-corrected chi connectivity index (χ4v) is 3.33. The van der Waals surface area contributed by atoms with Crippen LogP contribution in [0.15, 0.2) is 60.7 Å². The molecule has 0 spiro atoms. The monoisotopic (exact) mass is 431 g/mol. The first kappa shape index (κ1) is 20.5. The molecule has 11 nitrogen and oxygen atoms in total. The van der Waals surface area contributed by atoms with E-state index in [-0.39, 0.29) is 29.2 Å². The normalized spacial score (nSPS) is 10.6. The summed E-state index contributed by atoms with van der Waals surface area (Å²) in [5, 5.41) is 37.6. The lowest BCUT2D eigenvalue weighted by Crippen LogP contribution is -2.10. The third-order valence-corrected chi connectivity index (χ3v) is 4.90. The summed E-state index contributed by atoms with van der Waals surface area (Å²) in [6.45, 7) is 0.221. The summed E-state index contributed by atoms with van der Waals surface area (Å²) < 4.78 is 0. The van der Waals surface area contributed by atoms with Crippen LogP contribution in [-0.2, 0) is 6.54 Å². The molecule has 0 unspecified atom stereocenters. The summed E-state index contributed by atoms with van der Waals surface area (Å²) in [4.78, 5) is 22.0. The minimum Gasteiger partial charge on any atom is -0.478 e. The Morgan fingerprint density at radius 1 is 1.09 bits per heavy atom. The number of benzene rings is 3. The number of hydrogen-bond acceptors (Lipinski definition) is 8. The van der Waals surface area contributed by atoms with Gasteiger partial charge in [0.25, 0.3) is 5.69 Å². The predicted octanol–water partition coefficient (Wildman–Crippen LogP) is 3.33. The van der Waals surface area contributed by atoms with E-state index >= 15 is 0 Å². The van der Waals surface area contributed by atoms with Crippen LogP contribution in [0, 0.1) is 10.1 Å². The number of anilines is 2. The highest BCUT2D eigenvalue weighted by molar-refractivity contribution is 5.99. The number of nitrogens with zero attached hydrogens (tertiary/aromatic N) is 4. The van der Waals surface area contributed by atoms with Crippen molar-refractivity contribution in [1.82, 2.24) is 20.6 Å². The first-order chi connectivity index (χ1) is 15.5. The van der Waals surface area contributed by atoms with E-state index in [2.05, 4.69) is 25.9 Å². The number of nitrogens with one attached hydrogen (secondary N) is 2. The smallest absolute Gasteiger partial charge is 0.337 e. The molecule has 11 heteroatoms. The SMILES string of the molecule is Nc1c([N+](=O)[O-])ccc(C(=O)O)c1NCc1ccc(-c2ccccc2-c2nn[nH]n2)cc1. The molecule has 3 aromatic carbocycles. The number of carbonyl (C=O) groups is 1. The average molecular weight is 431 g/mol. The van der Waals surface area contributed by atoms with Crippen molar-refractivity contribution >= 4 is 23.0 Å². The van der Waals surface area contributed by atoms with E-state index in [0.717, 1.165) is 34.4 Å². The molecule has 160 valence electrons. The van der Waals surface area contributed by atoms with Crippen LogP contribution in [0.3, 0.4) is 0 Å². The summed E-state index contributed by atoms with van der Waals surface area (Å²) in [6.07, 6.45) is 0. The zero-order valence-corrected chi connectivity index (χ0v) is 16.5. The number of aromatic nitrogens is 4. The van der Waals surface area contributed by atoms with Crippen molar-refractivity contribution in [1.29, 1.82) is 0 Å². The molecule has 0 bridgehead atoms. The van der Waals surface area contributed by atoms with Crippen molar-refractivity contribution in [2.75, 3.05) is 11.1 Å². The molecule has 0 aliphatic rings. The van der Waals surface area contributed by atoms with Gasteiger partial charge >= 0.3 is 5.97 Å². The van der Waals surface area contributed by atoms with E-state index in [9.17, 15) is 20.0 Å². The minimum atomic E-state index is -1.23. The number of H-pyrrole nitrogens is 1. The third kappa shape index (κ3) is 3.94. The molecule has 0 amide bonds. The molecule has 0 saturated carbocycles. The Morgan fingerprint density at radius 2 is 1.81 bits per heavy atom. The van der Waals surface area contributed by atoms with Crippen LogP contribution in [0.2, 0.25) is 0 Å². The second kappa shape index (κ2) is 8.52. The molecular weight excluding hydrogens is 414 g/mol. The van der Waals surface area contributed by atoms with Crippen LogP contribution in [0.4, 0.5) is 17.1 Å². The van der Waals surface area contributed by atoms with Gasteiger partial charge in [-0.1, -0.05) is 48.5 Å². The van der Waals surface area contributed by atoms with Crippen molar-refractivity contribution in [3.8, 4) is 22.5 Å². The maximum Gasteiger partial charge on any atom is 0.337 e. The fraction of sp³-hybridized carbons (Fsp3) is 0.0476. The third-order valence-electron chi connectivity index (χ3n) is 4.90. The van der Waals surface area contributed by atoms with Crippen LogP contribution in [-0.4, -0.2) is 36.6 Å². The predicted molar refractivity (Wildman–Crippen MR) is 117 cm³/mol. The lowest BCUT2D eigenvalue weighted by atomic mass is 9.98. The maximum atomic E-state index is 11.5. The largest absolute Gasteiger partial charge is 0.478 e. The molecule has 0 aliphatic heterocycles. The zero-order valence-electron chi connectivity index (χ0n) is 16.5. The van der Waals surface area contributed by atoms with Crippen molar-refractivity contribution in [3.63, 3.8) is 0 Å². The Bertz CT molecular complexity index is 1290. The van der Waals surface area contributed by atoms with E-state index in [1.54, 1.807) is 0 Å². The minimum absolute atomic E-state index is 0.0122. The summed E-state index contributed by atoms with van der Waals surface area (Å²) in [6, 6.07) is 17.4. The number of aromatic carboxylic acids is 1. The standard InChI is InChI=1S/C21H17N7O4/c22-18-17(28(31)32)10-9-16(21(29)30)19(18)23-11-12-5-7-13(8-6-12)14-3-1-2-4-15(14)20-24-26-27-25-20/h1-10,23H,11,22H2,(H,29,30)(H,24,25,26,27). The van der Waals surface area contributed by atoms with Gasteiger partial charge in [0.05, 0.1) is 16.2 Å². The van der Waals surface area contributed by atoms with Gasteiger partial charge in [-0.3, -0.25) is 10.1 Å². The van der Waals surface area contributed by atoms with Gasteiger partial charge in [-0.05, 0) is 28.0 Å². The Labute approximate surface area is 181 Å². The topological polar surface area (TPSA) is 173 Å². The van der Waals surface area contributed by atoms with Gasteiger partial charge in [0, 0.05) is 18.2 Å². The Balaban J connectivity index is 1.59. The van der Waals surface area contributed by atoms with Gasteiger partial charge in [-0.25, -0.2) is 4.79 Å². The Hall–Kier alpha value is -4.80. The van der Waals surface area contributed by atoms with Crippen molar-refractivity contribution in [2.45, 2.75) is 6.54 Å². The number of tetrazole rings is 1. The number of rotatable bonds is 7. The first-order valence-corrected chi connectivity index (χ1v) is 9.42. The van der Waals surface area contributed by atoms with E-state index in [1.165, 1.54) is 0 Å². The van der Waals surface area contributed by atoms with Crippen LogP contribution >= 0.6 is 0 Å². The summed E-state index contributed by atoms with van der Waals surface area (Å²) >= 11 is 0. The number of nitro benzene ring substituents is 1. The zero-order chi connectivity index (χ0) is 22.7. The van der Waals surface area contributed by atoms with Gasteiger partial charge in [0.1, 0.15) is 5.69 Å². The summed E-state index contributed by atoms with van der Waals surface area (Å²) in [7, 11) is 0. The van der Waals surface area contributed by atoms with Crippen LogP contribution in [0.5, 0.6) is 0 Å². The first-order valence-electron chi connectivity index (χ1n) is 9.42. The second-order valence-corrected chi connectivity index (χ2v) is 6.81. The Kier molecular flexibility index (Phi) is 5.45.